The number of nitrogens with zero attached hydrogens (tertiary/aromatic N) is 2. The number of amides is 1. The predicted molar refractivity (Wildman–Crippen MR) is 130 cm³/mol. The molecule has 0 spiro atoms. The molecule has 3 N–H and O–H groups in total. The minimum atomic E-state index is -0.168. The molecule has 0 bridgehead atoms. The largest absolute Gasteiger partial charge is 0.496 e. The second kappa shape index (κ2) is 11.7. The molecule has 7 heteroatoms. The molecule has 2 aromatic rings. The molecule has 3 rings (SSSR count). The summed E-state index contributed by atoms with van der Waals surface area (Å²) in [7, 11) is 1.57. The number of methoxy groups -OCH3 is 1. The van der Waals surface area contributed by atoms with E-state index in [1.807, 2.05) is 36.5 Å². The monoisotopic (exact) mass is 445 g/mol. The molecule has 1 aliphatic rings. The molecule has 0 heterocycles. The van der Waals surface area contributed by atoms with Crippen LogP contribution in [0.15, 0.2) is 72.2 Å². The average Bonchev–Trinajstić information content (AvgIpc) is 2.87. The van der Waals surface area contributed by atoms with E-state index in [4.69, 9.17) is 10.00 Å². The third-order valence-corrected chi connectivity index (χ3v) is 6.16. The van der Waals surface area contributed by atoms with E-state index < -0.39 is 0 Å². The van der Waals surface area contributed by atoms with Gasteiger partial charge in [0, 0.05) is 18.0 Å². The number of nitrogens with one attached hydrogen (secondary N) is 3. The number of nitriles is 1. The Morgan fingerprint density at radius 1 is 1.21 bits per heavy atom. The highest BCUT2D eigenvalue weighted by molar-refractivity contribution is 5.97. The zero-order valence-electron chi connectivity index (χ0n) is 19.0. The minimum Gasteiger partial charge on any atom is -0.496 e. The van der Waals surface area contributed by atoms with Crippen LogP contribution >= 0.6 is 0 Å². The van der Waals surface area contributed by atoms with E-state index in [-0.39, 0.29) is 17.4 Å². The molecule has 1 aliphatic carbocycles. The van der Waals surface area contributed by atoms with Gasteiger partial charge < -0.3 is 15.4 Å². The van der Waals surface area contributed by atoms with Crippen molar-refractivity contribution < 1.29 is 9.53 Å². The molecule has 7 nitrogen and oxygen atoms in total. The fraction of sp³-hybridized carbons (Fsp3) is 0.346. The number of para-hydroxylation sites is 1. The Bertz CT molecular complexity index is 1000. The van der Waals surface area contributed by atoms with E-state index >= 15 is 0 Å². The summed E-state index contributed by atoms with van der Waals surface area (Å²) in [5, 5.41) is 18.1. The number of aliphatic imine (C=N–C) groups is 1. The zero-order valence-corrected chi connectivity index (χ0v) is 19.0. The molecule has 2 aromatic carbocycles. The van der Waals surface area contributed by atoms with Gasteiger partial charge in [0.25, 0.3) is 5.91 Å². The smallest absolute Gasteiger partial charge is 0.255 e. The maximum absolute atomic E-state index is 13.0. The topological polar surface area (TPSA) is 98.5 Å². The van der Waals surface area contributed by atoms with Crippen LogP contribution in [0, 0.1) is 11.5 Å². The second-order valence-electron chi connectivity index (χ2n) is 8.16. The number of benzene rings is 2. The number of rotatable bonds is 8. The van der Waals surface area contributed by atoms with Gasteiger partial charge in [0.2, 0.25) is 5.96 Å². The van der Waals surface area contributed by atoms with E-state index in [1.165, 1.54) is 5.56 Å². The van der Waals surface area contributed by atoms with E-state index in [0.29, 0.717) is 30.4 Å². The van der Waals surface area contributed by atoms with Gasteiger partial charge in [0.15, 0.2) is 6.19 Å². The Hall–Kier alpha value is -3.79. The molecule has 0 atom stereocenters. The molecule has 172 valence electrons. The summed E-state index contributed by atoms with van der Waals surface area (Å²) in [6.45, 7) is 4.65. The first-order valence-electron chi connectivity index (χ1n) is 11.2. The van der Waals surface area contributed by atoms with Crippen molar-refractivity contribution in [2.24, 2.45) is 4.99 Å². The highest BCUT2D eigenvalue weighted by Crippen LogP contribution is 2.39. The number of hydrogen-bond donors (Lipinski definition) is 3. The third kappa shape index (κ3) is 6.13. The Morgan fingerprint density at radius 3 is 2.58 bits per heavy atom. The molecule has 0 saturated heterocycles. The standard InChI is InChI=1S/C26H31N5O2/c1-3-17-28-25(30-19-27)31-21-13-15-26(16-14-21,20-9-5-4-6-10-20)18-29-24(32)22-11-7-8-12-23(22)33-2/h3-12,21H,1,13-18H2,2H3,(H,29,32)(H2,28,30,31). The van der Waals surface area contributed by atoms with Gasteiger partial charge in [-0.15, -0.1) is 6.58 Å². The molecule has 1 saturated carbocycles. The van der Waals surface area contributed by atoms with Crippen molar-refractivity contribution in [1.29, 1.82) is 5.26 Å². The van der Waals surface area contributed by atoms with Crippen LogP contribution in [0.25, 0.3) is 0 Å². The second-order valence-corrected chi connectivity index (χ2v) is 8.16. The van der Waals surface area contributed by atoms with Crippen molar-refractivity contribution in [1.82, 2.24) is 16.0 Å². The van der Waals surface area contributed by atoms with E-state index in [0.717, 1.165) is 25.7 Å². The SMILES string of the molecule is C=CCN=C(NC#N)NC1CCC(CNC(=O)c2ccccc2OC)(c2ccccc2)CC1. The first kappa shape index (κ1) is 23.9. The lowest BCUT2D eigenvalue weighted by Crippen LogP contribution is -2.49. The Labute approximate surface area is 195 Å². The lowest BCUT2D eigenvalue weighted by atomic mass is 9.68. The van der Waals surface area contributed by atoms with Gasteiger partial charge in [-0.2, -0.15) is 5.26 Å². The van der Waals surface area contributed by atoms with Crippen molar-refractivity contribution in [3.63, 3.8) is 0 Å². The quantitative estimate of drug-likeness (QED) is 0.190. The highest BCUT2D eigenvalue weighted by Gasteiger charge is 2.37. The van der Waals surface area contributed by atoms with Crippen molar-refractivity contribution >= 4 is 11.9 Å². The van der Waals surface area contributed by atoms with Gasteiger partial charge in [0.05, 0.1) is 19.2 Å². The van der Waals surface area contributed by atoms with Crippen LogP contribution in [0.5, 0.6) is 5.75 Å². The van der Waals surface area contributed by atoms with Crippen LogP contribution < -0.4 is 20.7 Å². The van der Waals surface area contributed by atoms with Crippen molar-refractivity contribution in [2.45, 2.75) is 37.1 Å². The van der Waals surface area contributed by atoms with Gasteiger partial charge in [-0.05, 0) is 43.4 Å². The molecular formula is C26H31N5O2. The maximum atomic E-state index is 13.0. The molecule has 0 aromatic heterocycles. The normalized spacial score (nSPS) is 20.2. The Kier molecular flexibility index (Phi) is 8.48. The number of guanidine groups is 1. The van der Waals surface area contributed by atoms with Crippen molar-refractivity contribution in [3.8, 4) is 11.9 Å². The lowest BCUT2D eigenvalue weighted by molar-refractivity contribution is 0.0932. The van der Waals surface area contributed by atoms with E-state index in [1.54, 1.807) is 25.3 Å². The zero-order chi connectivity index (χ0) is 23.5. The molecule has 0 aliphatic heterocycles. The Morgan fingerprint density at radius 2 is 1.91 bits per heavy atom. The number of carbonyl (C=O) groups excluding carboxylic acids is 1. The maximum Gasteiger partial charge on any atom is 0.255 e. The summed E-state index contributed by atoms with van der Waals surface area (Å²) in [5.41, 5.74) is 1.58. The molecule has 0 radical (unpaired) electrons. The van der Waals surface area contributed by atoms with Crippen LogP contribution in [-0.4, -0.2) is 38.1 Å². The van der Waals surface area contributed by atoms with Gasteiger partial charge in [-0.3, -0.25) is 10.1 Å². The van der Waals surface area contributed by atoms with Crippen LogP contribution in [0.3, 0.4) is 0 Å². The van der Waals surface area contributed by atoms with E-state index in [9.17, 15) is 4.79 Å². The number of ether oxygens (including phenoxy) is 1. The fourth-order valence-electron chi connectivity index (χ4n) is 4.37. The summed E-state index contributed by atoms with van der Waals surface area (Å²) in [6, 6.07) is 17.8. The first-order chi connectivity index (χ1) is 16.1. The van der Waals surface area contributed by atoms with Crippen LogP contribution in [0.4, 0.5) is 0 Å². The van der Waals surface area contributed by atoms with Crippen LogP contribution in [0.1, 0.15) is 41.6 Å². The molecule has 1 fully saturated rings. The molecular weight excluding hydrogens is 414 g/mol. The summed E-state index contributed by atoms with van der Waals surface area (Å²) in [4.78, 5) is 17.3. The summed E-state index contributed by atoms with van der Waals surface area (Å²) in [5.74, 6) is 0.896. The summed E-state index contributed by atoms with van der Waals surface area (Å²) < 4.78 is 5.35. The summed E-state index contributed by atoms with van der Waals surface area (Å²) >= 11 is 0. The summed E-state index contributed by atoms with van der Waals surface area (Å²) in [6.07, 6.45) is 7.18. The van der Waals surface area contributed by atoms with Gasteiger partial charge in [-0.1, -0.05) is 48.5 Å². The Balaban J connectivity index is 1.72. The average molecular weight is 446 g/mol. The third-order valence-electron chi connectivity index (χ3n) is 6.16. The lowest BCUT2D eigenvalue weighted by Gasteiger charge is -2.41. The predicted octanol–water partition coefficient (Wildman–Crippen LogP) is 3.51. The van der Waals surface area contributed by atoms with Gasteiger partial charge in [0.1, 0.15) is 5.75 Å². The number of carbonyl (C=O) groups is 1. The van der Waals surface area contributed by atoms with E-state index in [2.05, 4.69) is 39.7 Å². The molecule has 33 heavy (non-hydrogen) atoms. The van der Waals surface area contributed by atoms with Crippen molar-refractivity contribution in [3.05, 3.63) is 78.4 Å². The van der Waals surface area contributed by atoms with Crippen LogP contribution in [-0.2, 0) is 5.41 Å². The first-order valence-corrected chi connectivity index (χ1v) is 11.2. The minimum absolute atomic E-state index is 0.139. The highest BCUT2D eigenvalue weighted by atomic mass is 16.5. The molecule has 0 unspecified atom stereocenters. The number of hydrogen-bond acceptors (Lipinski definition) is 4. The van der Waals surface area contributed by atoms with Crippen LogP contribution in [0.2, 0.25) is 0 Å². The van der Waals surface area contributed by atoms with Gasteiger partial charge >= 0.3 is 0 Å². The fourth-order valence-corrected chi connectivity index (χ4v) is 4.37. The van der Waals surface area contributed by atoms with Gasteiger partial charge in [-0.25, -0.2) is 4.99 Å². The van der Waals surface area contributed by atoms with Crippen molar-refractivity contribution in [2.75, 3.05) is 20.2 Å². The molecule has 1 amide bonds.